The topological polar surface area (TPSA) is 70.3 Å². The van der Waals surface area contributed by atoms with E-state index < -0.39 is 0 Å². The van der Waals surface area contributed by atoms with Crippen LogP contribution in [0, 0.1) is 0 Å². The summed E-state index contributed by atoms with van der Waals surface area (Å²) >= 11 is 4.61. The number of ether oxygens (including phenoxy) is 2. The second-order valence-corrected chi connectivity index (χ2v) is 8.06. The fourth-order valence-corrected chi connectivity index (χ4v) is 4.70. The lowest BCUT2D eigenvalue weighted by Crippen LogP contribution is -1.93. The number of thiazole rings is 1. The number of hydrogen-bond donors (Lipinski definition) is 0. The molecule has 0 bridgehead atoms. The number of benzene rings is 1. The third-order valence-electron chi connectivity index (χ3n) is 3.67. The molecule has 0 fully saturated rings. The molecule has 0 amide bonds. The molecule has 3 heterocycles. The van der Waals surface area contributed by atoms with E-state index in [0.29, 0.717) is 28.4 Å². The summed E-state index contributed by atoms with van der Waals surface area (Å²) in [6.45, 7) is 0. The molecule has 0 saturated carbocycles. The van der Waals surface area contributed by atoms with Crippen molar-refractivity contribution >= 4 is 34.4 Å². The van der Waals surface area contributed by atoms with Gasteiger partial charge in [0.2, 0.25) is 0 Å². The van der Waals surface area contributed by atoms with Crippen molar-refractivity contribution in [3.63, 3.8) is 0 Å². The molecule has 9 heteroatoms. The number of rotatable bonds is 7. The average Bonchev–Trinajstić information content (AvgIpc) is 3.46. The molecule has 0 saturated heterocycles. The third kappa shape index (κ3) is 3.85. The van der Waals surface area contributed by atoms with E-state index in [2.05, 4.69) is 10.2 Å². The second kappa shape index (κ2) is 8.12. The Morgan fingerprint density at radius 1 is 1.07 bits per heavy atom. The van der Waals surface area contributed by atoms with E-state index >= 15 is 0 Å². The fraction of sp³-hybridized carbons (Fsp3) is 0.167. The summed E-state index contributed by atoms with van der Waals surface area (Å²) in [5.41, 5.74) is 1.86. The number of thiophene rings is 1. The maximum atomic E-state index is 5.70. The molecule has 1 aromatic carbocycles. The smallest absolute Gasteiger partial charge is 0.277 e. The second-order valence-electron chi connectivity index (χ2n) is 5.32. The maximum Gasteiger partial charge on any atom is 0.277 e. The van der Waals surface area contributed by atoms with Gasteiger partial charge in [0, 0.05) is 11.1 Å². The lowest BCUT2D eigenvalue weighted by molar-refractivity contribution is 0.356. The molecule has 4 aromatic rings. The van der Waals surface area contributed by atoms with Crippen LogP contribution in [0.2, 0.25) is 0 Å². The molecule has 0 aliphatic heterocycles. The lowest BCUT2D eigenvalue weighted by Gasteiger charge is -2.10. The normalized spacial score (nSPS) is 10.9. The van der Waals surface area contributed by atoms with E-state index in [-0.39, 0.29) is 0 Å². The largest absolute Gasteiger partial charge is 0.493 e. The van der Waals surface area contributed by atoms with Gasteiger partial charge in [-0.05, 0) is 23.6 Å². The van der Waals surface area contributed by atoms with Crippen molar-refractivity contribution in [2.45, 2.75) is 11.0 Å². The van der Waals surface area contributed by atoms with Crippen LogP contribution in [0.1, 0.15) is 5.69 Å². The minimum absolute atomic E-state index is 0.534. The molecule has 0 radical (unpaired) electrons. The quantitative estimate of drug-likeness (QED) is 0.381. The van der Waals surface area contributed by atoms with Crippen LogP contribution in [0.15, 0.2) is 50.7 Å². The summed E-state index contributed by atoms with van der Waals surface area (Å²) in [5, 5.41) is 13.6. The van der Waals surface area contributed by atoms with Gasteiger partial charge in [-0.2, -0.15) is 0 Å². The Kier molecular flexibility index (Phi) is 5.42. The Morgan fingerprint density at radius 3 is 2.78 bits per heavy atom. The Morgan fingerprint density at radius 2 is 2.00 bits per heavy atom. The highest BCUT2D eigenvalue weighted by atomic mass is 32.2. The van der Waals surface area contributed by atoms with E-state index in [1.807, 2.05) is 41.1 Å². The van der Waals surface area contributed by atoms with Gasteiger partial charge < -0.3 is 13.9 Å². The summed E-state index contributed by atoms with van der Waals surface area (Å²) < 4.78 is 16.6. The van der Waals surface area contributed by atoms with E-state index in [0.717, 1.165) is 21.1 Å². The molecule has 138 valence electrons. The van der Waals surface area contributed by atoms with Crippen molar-refractivity contribution < 1.29 is 13.9 Å². The van der Waals surface area contributed by atoms with Crippen LogP contribution in [-0.2, 0) is 5.75 Å². The zero-order chi connectivity index (χ0) is 18.6. The highest BCUT2D eigenvalue weighted by molar-refractivity contribution is 7.98. The SMILES string of the molecule is COc1cccc(-c2nc(CSc3nnc(-c4cccs4)o3)cs2)c1OC. The molecule has 0 aliphatic carbocycles. The standard InChI is InChI=1S/C18H15N3O3S3/c1-22-13-6-3-5-12(15(13)23-2)17-19-11(9-26-17)10-27-18-21-20-16(24-18)14-7-4-8-25-14/h3-9H,10H2,1-2H3. The Balaban J connectivity index is 1.48. The molecule has 0 aliphatic rings. The maximum absolute atomic E-state index is 5.70. The summed E-state index contributed by atoms with van der Waals surface area (Å²) in [6, 6.07) is 9.69. The van der Waals surface area contributed by atoms with Gasteiger partial charge in [-0.25, -0.2) is 4.98 Å². The molecule has 0 N–H and O–H groups in total. The Labute approximate surface area is 168 Å². The summed E-state index contributed by atoms with van der Waals surface area (Å²) in [6.07, 6.45) is 0. The van der Waals surface area contributed by atoms with Gasteiger partial charge in [0.05, 0.1) is 30.4 Å². The third-order valence-corrected chi connectivity index (χ3v) is 6.30. The highest BCUT2D eigenvalue weighted by Gasteiger charge is 2.15. The number of aromatic nitrogens is 3. The van der Waals surface area contributed by atoms with Crippen molar-refractivity contribution in [2.75, 3.05) is 14.2 Å². The minimum atomic E-state index is 0.534. The van der Waals surface area contributed by atoms with Gasteiger partial charge in [0.15, 0.2) is 11.5 Å². The zero-order valence-electron chi connectivity index (χ0n) is 14.5. The molecule has 0 atom stereocenters. The number of para-hydroxylation sites is 1. The van der Waals surface area contributed by atoms with E-state index in [1.54, 1.807) is 36.9 Å². The van der Waals surface area contributed by atoms with Crippen molar-refractivity contribution in [3.8, 4) is 32.8 Å². The van der Waals surface area contributed by atoms with E-state index in [1.165, 1.54) is 11.8 Å². The van der Waals surface area contributed by atoms with Crippen LogP contribution < -0.4 is 9.47 Å². The minimum Gasteiger partial charge on any atom is -0.493 e. The monoisotopic (exact) mass is 417 g/mol. The first kappa shape index (κ1) is 18.0. The van der Waals surface area contributed by atoms with Crippen LogP contribution in [0.4, 0.5) is 0 Å². The zero-order valence-corrected chi connectivity index (χ0v) is 17.0. The highest BCUT2D eigenvalue weighted by Crippen LogP contribution is 2.39. The molecule has 4 rings (SSSR count). The van der Waals surface area contributed by atoms with Crippen LogP contribution in [-0.4, -0.2) is 29.4 Å². The molecule has 0 spiro atoms. The molecule has 3 aromatic heterocycles. The van der Waals surface area contributed by atoms with Crippen LogP contribution >= 0.6 is 34.4 Å². The Bertz CT molecular complexity index is 1030. The first-order chi connectivity index (χ1) is 13.3. The predicted octanol–water partition coefficient (Wildman–Crippen LogP) is 5.23. The van der Waals surface area contributed by atoms with E-state index in [9.17, 15) is 0 Å². The Hall–Kier alpha value is -2.36. The average molecular weight is 418 g/mol. The summed E-state index contributed by atoms with van der Waals surface area (Å²) in [4.78, 5) is 5.68. The van der Waals surface area contributed by atoms with Crippen molar-refractivity contribution in [1.29, 1.82) is 0 Å². The first-order valence-electron chi connectivity index (χ1n) is 7.94. The van der Waals surface area contributed by atoms with Crippen molar-refractivity contribution in [2.24, 2.45) is 0 Å². The van der Waals surface area contributed by atoms with Gasteiger partial charge >= 0.3 is 0 Å². The number of hydrogen-bond acceptors (Lipinski definition) is 9. The van der Waals surface area contributed by atoms with Gasteiger partial charge in [0.1, 0.15) is 5.01 Å². The number of nitrogens with zero attached hydrogens (tertiary/aromatic N) is 3. The molecular formula is C18H15N3O3S3. The van der Waals surface area contributed by atoms with Gasteiger partial charge in [0.25, 0.3) is 11.1 Å². The molecule has 0 unspecified atom stereocenters. The van der Waals surface area contributed by atoms with Crippen LogP contribution in [0.3, 0.4) is 0 Å². The van der Waals surface area contributed by atoms with Crippen molar-refractivity contribution in [1.82, 2.24) is 15.2 Å². The van der Waals surface area contributed by atoms with E-state index in [4.69, 9.17) is 18.9 Å². The fourth-order valence-electron chi connectivity index (χ4n) is 2.46. The number of methoxy groups -OCH3 is 2. The molecular weight excluding hydrogens is 402 g/mol. The lowest BCUT2D eigenvalue weighted by atomic mass is 10.2. The first-order valence-corrected chi connectivity index (χ1v) is 10.7. The van der Waals surface area contributed by atoms with Crippen LogP contribution in [0.5, 0.6) is 11.5 Å². The van der Waals surface area contributed by atoms with Gasteiger partial charge in [-0.15, -0.1) is 32.9 Å². The predicted molar refractivity (Wildman–Crippen MR) is 108 cm³/mol. The number of thioether (sulfide) groups is 1. The van der Waals surface area contributed by atoms with Gasteiger partial charge in [-0.3, -0.25) is 0 Å². The van der Waals surface area contributed by atoms with Gasteiger partial charge in [-0.1, -0.05) is 23.9 Å². The summed E-state index contributed by atoms with van der Waals surface area (Å²) in [7, 11) is 3.26. The van der Waals surface area contributed by atoms with Crippen molar-refractivity contribution in [3.05, 3.63) is 46.8 Å². The van der Waals surface area contributed by atoms with Crippen LogP contribution in [0.25, 0.3) is 21.3 Å². The summed E-state index contributed by atoms with van der Waals surface area (Å²) in [5.74, 6) is 2.57. The molecule has 27 heavy (non-hydrogen) atoms. The molecule has 6 nitrogen and oxygen atoms in total.